The van der Waals surface area contributed by atoms with E-state index in [1.165, 1.54) is 10.9 Å². The maximum atomic E-state index is 13.4. The van der Waals surface area contributed by atoms with E-state index in [0.29, 0.717) is 23.8 Å². The lowest BCUT2D eigenvalue weighted by Crippen LogP contribution is -2.38. The van der Waals surface area contributed by atoms with E-state index < -0.39 is 0 Å². The number of morpholine rings is 1. The molecule has 1 atom stereocenters. The summed E-state index contributed by atoms with van der Waals surface area (Å²) in [5, 5.41) is 8.48. The smallest absolute Gasteiger partial charge is 0.257 e. The second-order valence-electron chi connectivity index (χ2n) is 9.34. The summed E-state index contributed by atoms with van der Waals surface area (Å²) in [6.07, 6.45) is 6.13. The number of rotatable bonds is 7. The van der Waals surface area contributed by atoms with Crippen LogP contribution in [0.15, 0.2) is 48.7 Å². The molecular weight excluding hydrogens is 428 g/mol. The molecule has 3 heterocycles. The molecule has 7 heteroatoms. The first-order valence-corrected chi connectivity index (χ1v) is 12.5. The molecule has 5 rings (SSSR count). The summed E-state index contributed by atoms with van der Waals surface area (Å²) in [6.45, 7) is 6.44. The Morgan fingerprint density at radius 1 is 1.06 bits per heavy atom. The number of para-hydroxylation sites is 1. The molecule has 1 amide bonds. The van der Waals surface area contributed by atoms with Crippen LogP contribution in [-0.4, -0.2) is 78.4 Å². The van der Waals surface area contributed by atoms with Gasteiger partial charge in [-0.1, -0.05) is 24.3 Å². The standard InChI is InChI=1S/C27H34N4O3/c32-27(23-7-1-2-9-26(23)34-18-15-30-13-16-33-17-14-30)31-11-4-5-21(10-12-31)19-22-6-3-8-25-24(22)20-28-29-25/h1-3,6-9,20-21H,4-5,10-19H2,(H,28,29)/t21-/m0/s1. The van der Waals surface area contributed by atoms with Gasteiger partial charge in [-0.25, -0.2) is 0 Å². The Hall–Kier alpha value is -2.90. The van der Waals surface area contributed by atoms with Gasteiger partial charge in [-0.3, -0.25) is 14.8 Å². The predicted octanol–water partition coefficient (Wildman–Crippen LogP) is 3.76. The van der Waals surface area contributed by atoms with Crippen molar-refractivity contribution in [3.05, 3.63) is 59.8 Å². The quantitative estimate of drug-likeness (QED) is 0.579. The highest BCUT2D eigenvalue weighted by molar-refractivity contribution is 5.97. The number of carbonyl (C=O) groups excluding carboxylic acids is 1. The number of H-pyrrole nitrogens is 1. The summed E-state index contributed by atoms with van der Waals surface area (Å²) in [4.78, 5) is 17.8. The van der Waals surface area contributed by atoms with Gasteiger partial charge in [0, 0.05) is 38.1 Å². The van der Waals surface area contributed by atoms with Crippen molar-refractivity contribution >= 4 is 16.8 Å². The van der Waals surface area contributed by atoms with Gasteiger partial charge < -0.3 is 14.4 Å². The zero-order valence-electron chi connectivity index (χ0n) is 19.7. The molecule has 0 saturated carbocycles. The fourth-order valence-corrected chi connectivity index (χ4v) is 5.14. The average molecular weight is 463 g/mol. The van der Waals surface area contributed by atoms with E-state index in [1.807, 2.05) is 35.4 Å². The minimum Gasteiger partial charge on any atom is -0.491 e. The van der Waals surface area contributed by atoms with E-state index >= 15 is 0 Å². The number of hydrogen-bond donors (Lipinski definition) is 1. The molecule has 2 aliphatic heterocycles. The van der Waals surface area contributed by atoms with Crippen molar-refractivity contribution in [1.82, 2.24) is 20.0 Å². The molecule has 1 aromatic heterocycles. The van der Waals surface area contributed by atoms with Crippen molar-refractivity contribution in [1.29, 1.82) is 0 Å². The molecule has 0 bridgehead atoms. The number of nitrogens with one attached hydrogen (secondary N) is 1. The average Bonchev–Trinajstić information content (AvgIpc) is 3.25. The van der Waals surface area contributed by atoms with Crippen LogP contribution in [0.3, 0.4) is 0 Å². The molecule has 180 valence electrons. The molecule has 0 unspecified atom stereocenters. The van der Waals surface area contributed by atoms with Crippen LogP contribution in [-0.2, 0) is 11.2 Å². The maximum Gasteiger partial charge on any atom is 0.257 e. The van der Waals surface area contributed by atoms with E-state index in [9.17, 15) is 4.79 Å². The highest BCUT2D eigenvalue weighted by Gasteiger charge is 2.24. The normalized spacial score (nSPS) is 19.8. The predicted molar refractivity (Wildman–Crippen MR) is 132 cm³/mol. The molecule has 2 aliphatic rings. The minimum absolute atomic E-state index is 0.0829. The summed E-state index contributed by atoms with van der Waals surface area (Å²) >= 11 is 0. The lowest BCUT2D eigenvalue weighted by Gasteiger charge is -2.26. The molecule has 0 radical (unpaired) electrons. The Morgan fingerprint density at radius 2 is 1.94 bits per heavy atom. The van der Waals surface area contributed by atoms with Crippen molar-refractivity contribution in [3.63, 3.8) is 0 Å². The van der Waals surface area contributed by atoms with Crippen LogP contribution in [0.5, 0.6) is 5.75 Å². The lowest BCUT2D eigenvalue weighted by atomic mass is 9.91. The number of hydrogen-bond acceptors (Lipinski definition) is 5. The molecule has 0 spiro atoms. The summed E-state index contributed by atoms with van der Waals surface area (Å²) in [5.41, 5.74) is 3.11. The zero-order valence-corrected chi connectivity index (χ0v) is 19.7. The molecular formula is C27H34N4O3. The largest absolute Gasteiger partial charge is 0.491 e. The number of fused-ring (bicyclic) bond motifs is 1. The number of aromatic amines is 1. The first kappa shape index (κ1) is 22.9. The van der Waals surface area contributed by atoms with Gasteiger partial charge in [-0.2, -0.15) is 5.10 Å². The SMILES string of the molecule is O=C(c1ccccc1OCCN1CCOCC1)N1CCC[C@H](Cc2cccc3[nH]ncc23)CC1. The summed E-state index contributed by atoms with van der Waals surface area (Å²) in [5.74, 6) is 1.34. The Labute approximate surface area is 201 Å². The van der Waals surface area contributed by atoms with Gasteiger partial charge in [-0.15, -0.1) is 0 Å². The molecule has 7 nitrogen and oxygen atoms in total. The first-order chi connectivity index (χ1) is 16.8. The van der Waals surface area contributed by atoms with Crippen LogP contribution in [0.25, 0.3) is 10.9 Å². The van der Waals surface area contributed by atoms with E-state index in [2.05, 4.69) is 33.3 Å². The Bertz CT molecular complexity index is 1090. The maximum absolute atomic E-state index is 13.4. The van der Waals surface area contributed by atoms with Crippen molar-refractivity contribution in [2.75, 3.05) is 52.5 Å². The van der Waals surface area contributed by atoms with Crippen LogP contribution >= 0.6 is 0 Å². The topological polar surface area (TPSA) is 70.7 Å². The summed E-state index contributed by atoms with van der Waals surface area (Å²) in [7, 11) is 0. The number of aromatic nitrogens is 2. The van der Waals surface area contributed by atoms with E-state index in [-0.39, 0.29) is 5.91 Å². The van der Waals surface area contributed by atoms with Crippen LogP contribution in [0, 0.1) is 5.92 Å². The number of likely N-dealkylation sites (tertiary alicyclic amines) is 1. The third-order valence-electron chi connectivity index (χ3n) is 7.10. The van der Waals surface area contributed by atoms with Gasteiger partial charge in [0.2, 0.25) is 0 Å². The minimum atomic E-state index is 0.0829. The highest BCUT2D eigenvalue weighted by atomic mass is 16.5. The summed E-state index contributed by atoms with van der Waals surface area (Å²) in [6, 6.07) is 14.0. The fourth-order valence-electron chi connectivity index (χ4n) is 5.14. The molecule has 2 aromatic carbocycles. The van der Waals surface area contributed by atoms with Gasteiger partial charge in [0.25, 0.3) is 5.91 Å². The molecule has 1 N–H and O–H groups in total. The van der Waals surface area contributed by atoms with Gasteiger partial charge >= 0.3 is 0 Å². The van der Waals surface area contributed by atoms with E-state index in [1.54, 1.807) is 0 Å². The molecule has 34 heavy (non-hydrogen) atoms. The van der Waals surface area contributed by atoms with Crippen molar-refractivity contribution < 1.29 is 14.3 Å². The monoisotopic (exact) mass is 462 g/mol. The third kappa shape index (κ3) is 5.42. The zero-order chi connectivity index (χ0) is 23.2. The van der Waals surface area contributed by atoms with E-state index in [0.717, 1.165) is 77.1 Å². The Kier molecular flexibility index (Phi) is 7.41. The van der Waals surface area contributed by atoms with Crippen molar-refractivity contribution in [2.24, 2.45) is 5.92 Å². The number of ether oxygens (including phenoxy) is 2. The molecule has 2 fully saturated rings. The van der Waals surface area contributed by atoms with Crippen LogP contribution in [0.2, 0.25) is 0 Å². The van der Waals surface area contributed by atoms with Crippen LogP contribution in [0.1, 0.15) is 35.2 Å². The van der Waals surface area contributed by atoms with Crippen molar-refractivity contribution in [2.45, 2.75) is 25.7 Å². The fraction of sp³-hybridized carbons (Fsp3) is 0.481. The molecule has 0 aliphatic carbocycles. The van der Waals surface area contributed by atoms with Gasteiger partial charge in [-0.05, 0) is 55.4 Å². The Morgan fingerprint density at radius 3 is 2.85 bits per heavy atom. The summed E-state index contributed by atoms with van der Waals surface area (Å²) < 4.78 is 11.5. The van der Waals surface area contributed by atoms with Crippen LogP contribution < -0.4 is 4.74 Å². The third-order valence-corrected chi connectivity index (χ3v) is 7.10. The second-order valence-corrected chi connectivity index (χ2v) is 9.34. The van der Waals surface area contributed by atoms with Gasteiger partial charge in [0.1, 0.15) is 12.4 Å². The number of benzene rings is 2. The Balaban J connectivity index is 1.18. The van der Waals surface area contributed by atoms with Gasteiger partial charge in [0.05, 0.1) is 30.5 Å². The van der Waals surface area contributed by atoms with Crippen LogP contribution in [0.4, 0.5) is 0 Å². The molecule has 2 saturated heterocycles. The number of nitrogens with zero attached hydrogens (tertiary/aromatic N) is 3. The number of carbonyl (C=O) groups is 1. The highest BCUT2D eigenvalue weighted by Crippen LogP contribution is 2.27. The second kappa shape index (κ2) is 11.0. The van der Waals surface area contributed by atoms with Gasteiger partial charge in [0.15, 0.2) is 0 Å². The number of amides is 1. The van der Waals surface area contributed by atoms with E-state index in [4.69, 9.17) is 9.47 Å². The lowest BCUT2D eigenvalue weighted by molar-refractivity contribution is 0.0321. The first-order valence-electron chi connectivity index (χ1n) is 12.5. The van der Waals surface area contributed by atoms with Crippen molar-refractivity contribution in [3.8, 4) is 5.75 Å². The molecule has 3 aromatic rings.